The van der Waals surface area contributed by atoms with E-state index < -0.39 is 0 Å². The van der Waals surface area contributed by atoms with Crippen molar-refractivity contribution in [2.24, 2.45) is 0 Å². The Bertz CT molecular complexity index is 937. The van der Waals surface area contributed by atoms with E-state index in [1.807, 2.05) is 6.07 Å². The number of halogens is 1. The zero-order valence-corrected chi connectivity index (χ0v) is 14.4. The van der Waals surface area contributed by atoms with Gasteiger partial charge in [0.05, 0.1) is 13.2 Å². The quantitative estimate of drug-likeness (QED) is 0.691. The van der Waals surface area contributed by atoms with Gasteiger partial charge in [-0.3, -0.25) is 4.79 Å². The first-order valence-electron chi connectivity index (χ1n) is 8.47. The van der Waals surface area contributed by atoms with Gasteiger partial charge >= 0.3 is 0 Å². The standard InChI is InChI=1S/C18H17FN6O2/c19-13-1-3-14(4-2-13)20-16-11-17(24-7-9-27-10-8-24)22-18(21-16)25-6-5-15(12-26)23-25/h1-6,11-12H,7-10H2,(H,20,21,22). The predicted octanol–water partition coefficient (Wildman–Crippen LogP) is 2.19. The molecule has 1 aliphatic rings. The maximum absolute atomic E-state index is 13.1. The van der Waals surface area contributed by atoms with Crippen LogP contribution in [0.1, 0.15) is 10.5 Å². The molecule has 8 nitrogen and oxygen atoms in total. The van der Waals surface area contributed by atoms with E-state index in [9.17, 15) is 9.18 Å². The summed E-state index contributed by atoms with van der Waals surface area (Å²) >= 11 is 0. The summed E-state index contributed by atoms with van der Waals surface area (Å²) < 4.78 is 20.0. The Morgan fingerprint density at radius 2 is 1.89 bits per heavy atom. The lowest BCUT2D eigenvalue weighted by Gasteiger charge is -2.28. The topological polar surface area (TPSA) is 85.2 Å². The molecule has 0 unspecified atom stereocenters. The van der Waals surface area contributed by atoms with Gasteiger partial charge in [0, 0.05) is 31.0 Å². The van der Waals surface area contributed by atoms with Gasteiger partial charge in [-0.1, -0.05) is 0 Å². The van der Waals surface area contributed by atoms with E-state index >= 15 is 0 Å². The molecular weight excluding hydrogens is 351 g/mol. The summed E-state index contributed by atoms with van der Waals surface area (Å²) in [5.74, 6) is 1.28. The van der Waals surface area contributed by atoms with Gasteiger partial charge in [-0.05, 0) is 30.3 Å². The monoisotopic (exact) mass is 368 g/mol. The fourth-order valence-electron chi connectivity index (χ4n) is 2.74. The van der Waals surface area contributed by atoms with E-state index in [4.69, 9.17) is 4.74 Å². The number of nitrogens with zero attached hydrogens (tertiary/aromatic N) is 5. The third-order valence-electron chi connectivity index (χ3n) is 4.09. The van der Waals surface area contributed by atoms with Crippen LogP contribution in [0.4, 0.5) is 21.7 Å². The first-order chi connectivity index (χ1) is 13.2. The maximum atomic E-state index is 13.1. The van der Waals surface area contributed by atoms with Gasteiger partial charge in [-0.15, -0.1) is 0 Å². The highest BCUT2D eigenvalue weighted by Crippen LogP contribution is 2.22. The molecule has 0 bridgehead atoms. The number of aromatic nitrogens is 4. The SMILES string of the molecule is O=Cc1ccn(-c2nc(Nc3ccc(F)cc3)cc(N3CCOCC3)n2)n1. The van der Waals surface area contributed by atoms with E-state index in [1.165, 1.54) is 16.8 Å². The third-order valence-corrected chi connectivity index (χ3v) is 4.09. The molecule has 0 saturated carbocycles. The molecule has 3 aromatic rings. The van der Waals surface area contributed by atoms with Crippen LogP contribution in [0.25, 0.3) is 5.95 Å². The number of hydrogen-bond donors (Lipinski definition) is 1. The summed E-state index contributed by atoms with van der Waals surface area (Å²) in [4.78, 5) is 22.1. The van der Waals surface area contributed by atoms with Crippen LogP contribution >= 0.6 is 0 Å². The van der Waals surface area contributed by atoms with Gasteiger partial charge in [0.25, 0.3) is 5.95 Å². The Morgan fingerprint density at radius 1 is 1.11 bits per heavy atom. The van der Waals surface area contributed by atoms with Crippen molar-refractivity contribution < 1.29 is 13.9 Å². The normalized spacial score (nSPS) is 14.2. The van der Waals surface area contributed by atoms with E-state index in [2.05, 4.69) is 25.3 Å². The molecule has 1 aliphatic heterocycles. The molecule has 9 heteroatoms. The number of rotatable bonds is 5. The first kappa shape index (κ1) is 17.1. The lowest BCUT2D eigenvalue weighted by Crippen LogP contribution is -2.37. The molecule has 1 N–H and O–H groups in total. The second kappa shape index (κ2) is 7.50. The molecule has 0 radical (unpaired) electrons. The molecule has 4 rings (SSSR count). The highest BCUT2D eigenvalue weighted by atomic mass is 19.1. The molecule has 0 aliphatic carbocycles. The highest BCUT2D eigenvalue weighted by Gasteiger charge is 2.16. The molecule has 138 valence electrons. The van der Waals surface area contributed by atoms with Crippen molar-refractivity contribution >= 4 is 23.6 Å². The number of benzene rings is 1. The number of aldehydes is 1. The van der Waals surface area contributed by atoms with Crippen LogP contribution in [0.2, 0.25) is 0 Å². The van der Waals surface area contributed by atoms with Crippen molar-refractivity contribution in [3.8, 4) is 5.95 Å². The van der Waals surface area contributed by atoms with Crippen molar-refractivity contribution in [3.63, 3.8) is 0 Å². The van der Waals surface area contributed by atoms with E-state index in [-0.39, 0.29) is 5.82 Å². The molecular formula is C18H17FN6O2. The molecule has 27 heavy (non-hydrogen) atoms. The second-order valence-electron chi connectivity index (χ2n) is 5.95. The Labute approximate surface area is 154 Å². The molecule has 3 heterocycles. The summed E-state index contributed by atoms with van der Waals surface area (Å²) in [6.07, 6.45) is 2.30. The lowest BCUT2D eigenvalue weighted by atomic mass is 10.3. The predicted molar refractivity (Wildman–Crippen MR) is 97.3 cm³/mol. The number of carbonyl (C=O) groups is 1. The smallest absolute Gasteiger partial charge is 0.254 e. The third kappa shape index (κ3) is 3.93. The second-order valence-corrected chi connectivity index (χ2v) is 5.95. The van der Waals surface area contributed by atoms with Crippen LogP contribution in [0.3, 0.4) is 0 Å². The lowest BCUT2D eigenvalue weighted by molar-refractivity contribution is 0.111. The van der Waals surface area contributed by atoms with Gasteiger partial charge in [0.1, 0.15) is 23.1 Å². The molecule has 0 spiro atoms. The Kier molecular flexibility index (Phi) is 4.75. The molecule has 1 aromatic carbocycles. The van der Waals surface area contributed by atoms with Crippen LogP contribution in [0, 0.1) is 5.82 Å². The maximum Gasteiger partial charge on any atom is 0.254 e. The minimum Gasteiger partial charge on any atom is -0.378 e. The number of hydrogen-bond acceptors (Lipinski definition) is 7. The summed E-state index contributed by atoms with van der Waals surface area (Å²) in [6, 6.07) is 9.41. The van der Waals surface area contributed by atoms with Crippen LogP contribution in [-0.2, 0) is 4.74 Å². The van der Waals surface area contributed by atoms with E-state index in [0.29, 0.717) is 55.7 Å². The van der Waals surface area contributed by atoms with Crippen molar-refractivity contribution in [3.05, 3.63) is 54.1 Å². The van der Waals surface area contributed by atoms with Crippen molar-refractivity contribution in [1.82, 2.24) is 19.7 Å². The molecule has 2 aromatic heterocycles. The summed E-state index contributed by atoms with van der Waals surface area (Å²) in [6.45, 7) is 2.67. The average molecular weight is 368 g/mol. The summed E-state index contributed by atoms with van der Waals surface area (Å²) in [7, 11) is 0. The van der Waals surface area contributed by atoms with Crippen LogP contribution in [0.5, 0.6) is 0 Å². The van der Waals surface area contributed by atoms with E-state index in [0.717, 1.165) is 5.82 Å². The zero-order valence-electron chi connectivity index (χ0n) is 14.4. The number of morpholine rings is 1. The number of ether oxygens (including phenoxy) is 1. The zero-order chi connectivity index (χ0) is 18.6. The van der Waals surface area contributed by atoms with Crippen molar-refractivity contribution in [2.45, 2.75) is 0 Å². The van der Waals surface area contributed by atoms with Crippen molar-refractivity contribution in [1.29, 1.82) is 0 Å². The Balaban J connectivity index is 1.70. The molecule has 1 saturated heterocycles. The average Bonchev–Trinajstić information content (AvgIpc) is 3.20. The van der Waals surface area contributed by atoms with Gasteiger partial charge < -0.3 is 15.0 Å². The summed E-state index contributed by atoms with van der Waals surface area (Å²) in [5.41, 5.74) is 0.992. The van der Waals surface area contributed by atoms with Crippen LogP contribution in [-0.4, -0.2) is 52.3 Å². The van der Waals surface area contributed by atoms with Gasteiger partial charge in [0.2, 0.25) is 0 Å². The van der Waals surface area contributed by atoms with Crippen LogP contribution in [0.15, 0.2) is 42.6 Å². The minimum absolute atomic E-state index is 0.295. The molecule has 0 amide bonds. The van der Waals surface area contributed by atoms with Gasteiger partial charge in [-0.2, -0.15) is 15.1 Å². The first-order valence-corrected chi connectivity index (χ1v) is 8.47. The Hall–Kier alpha value is -3.33. The number of nitrogens with one attached hydrogen (secondary N) is 1. The van der Waals surface area contributed by atoms with Crippen LogP contribution < -0.4 is 10.2 Å². The summed E-state index contributed by atoms with van der Waals surface area (Å²) in [5, 5.41) is 7.30. The molecule has 1 fully saturated rings. The van der Waals surface area contributed by atoms with E-state index in [1.54, 1.807) is 24.4 Å². The van der Waals surface area contributed by atoms with Crippen molar-refractivity contribution in [2.75, 3.05) is 36.5 Å². The van der Waals surface area contributed by atoms with Gasteiger partial charge in [0.15, 0.2) is 6.29 Å². The fourth-order valence-corrected chi connectivity index (χ4v) is 2.74. The van der Waals surface area contributed by atoms with Gasteiger partial charge in [-0.25, -0.2) is 9.07 Å². The largest absolute Gasteiger partial charge is 0.378 e. The fraction of sp³-hybridized carbons (Fsp3) is 0.222. The highest BCUT2D eigenvalue weighted by molar-refractivity contribution is 5.71. The minimum atomic E-state index is -0.309. The molecule has 0 atom stereocenters. The Morgan fingerprint density at radius 3 is 2.59 bits per heavy atom. The number of anilines is 3. The number of carbonyl (C=O) groups excluding carboxylic acids is 1.